The SMILES string of the molecule is COc1cc(NC(=O)C2CC(=O)N(Cc3ccccc3)C2)c(OC)cc1NC(=O)c1ccccc1. The van der Waals surface area contributed by atoms with Gasteiger partial charge in [-0.25, -0.2) is 0 Å². The Balaban J connectivity index is 1.47. The van der Waals surface area contributed by atoms with Crippen LogP contribution in [0.5, 0.6) is 11.5 Å². The van der Waals surface area contributed by atoms with E-state index in [1.54, 1.807) is 41.3 Å². The predicted molar refractivity (Wildman–Crippen MR) is 133 cm³/mol. The molecule has 1 saturated heterocycles. The first kappa shape index (κ1) is 23.8. The van der Waals surface area contributed by atoms with Crippen molar-refractivity contribution >= 4 is 29.1 Å². The van der Waals surface area contributed by atoms with E-state index in [-0.39, 0.29) is 24.1 Å². The lowest BCUT2D eigenvalue weighted by molar-refractivity contribution is -0.128. The van der Waals surface area contributed by atoms with E-state index in [0.29, 0.717) is 41.5 Å². The van der Waals surface area contributed by atoms with Crippen LogP contribution in [0.25, 0.3) is 0 Å². The minimum Gasteiger partial charge on any atom is -0.494 e. The Bertz CT molecular complexity index is 1210. The molecule has 0 aromatic heterocycles. The van der Waals surface area contributed by atoms with Gasteiger partial charge in [-0.3, -0.25) is 14.4 Å². The molecule has 0 bridgehead atoms. The summed E-state index contributed by atoms with van der Waals surface area (Å²) in [5, 5.41) is 5.67. The van der Waals surface area contributed by atoms with Crippen LogP contribution in [0.4, 0.5) is 11.4 Å². The van der Waals surface area contributed by atoms with Gasteiger partial charge in [0.1, 0.15) is 11.5 Å². The molecule has 2 N–H and O–H groups in total. The summed E-state index contributed by atoms with van der Waals surface area (Å²) in [7, 11) is 2.95. The number of nitrogens with zero attached hydrogens (tertiary/aromatic N) is 1. The number of hydrogen-bond acceptors (Lipinski definition) is 5. The number of rotatable bonds is 8. The molecule has 0 aliphatic carbocycles. The van der Waals surface area contributed by atoms with Crippen molar-refractivity contribution in [2.24, 2.45) is 5.92 Å². The number of carbonyl (C=O) groups excluding carboxylic acids is 3. The van der Waals surface area contributed by atoms with Gasteiger partial charge in [-0.1, -0.05) is 48.5 Å². The fraction of sp³-hybridized carbons (Fsp3) is 0.222. The van der Waals surface area contributed by atoms with Gasteiger partial charge in [-0.15, -0.1) is 0 Å². The van der Waals surface area contributed by atoms with Gasteiger partial charge in [0.15, 0.2) is 0 Å². The number of carbonyl (C=O) groups is 3. The van der Waals surface area contributed by atoms with Gasteiger partial charge in [-0.05, 0) is 17.7 Å². The number of hydrogen-bond donors (Lipinski definition) is 2. The fourth-order valence-electron chi connectivity index (χ4n) is 4.02. The maximum Gasteiger partial charge on any atom is 0.255 e. The molecule has 1 unspecified atom stereocenters. The molecule has 3 aromatic rings. The zero-order valence-corrected chi connectivity index (χ0v) is 19.6. The lowest BCUT2D eigenvalue weighted by Gasteiger charge is -2.18. The first-order chi connectivity index (χ1) is 17.0. The molecule has 0 saturated carbocycles. The number of amides is 3. The van der Waals surface area contributed by atoms with Crippen molar-refractivity contribution in [3.63, 3.8) is 0 Å². The van der Waals surface area contributed by atoms with Crippen molar-refractivity contribution in [3.8, 4) is 11.5 Å². The molecule has 180 valence electrons. The molecule has 0 spiro atoms. The van der Waals surface area contributed by atoms with E-state index in [1.807, 2.05) is 36.4 Å². The monoisotopic (exact) mass is 473 g/mol. The molecule has 35 heavy (non-hydrogen) atoms. The Morgan fingerprint density at radius 3 is 2.06 bits per heavy atom. The van der Waals surface area contributed by atoms with Crippen LogP contribution in [0.3, 0.4) is 0 Å². The quantitative estimate of drug-likeness (QED) is 0.517. The van der Waals surface area contributed by atoms with Crippen LogP contribution >= 0.6 is 0 Å². The van der Waals surface area contributed by atoms with Gasteiger partial charge < -0.3 is 25.0 Å². The Morgan fingerprint density at radius 1 is 0.886 bits per heavy atom. The second-order valence-electron chi connectivity index (χ2n) is 8.22. The van der Waals surface area contributed by atoms with Crippen molar-refractivity contribution in [2.45, 2.75) is 13.0 Å². The normalized spacial score (nSPS) is 15.0. The van der Waals surface area contributed by atoms with E-state index < -0.39 is 5.92 Å². The van der Waals surface area contributed by atoms with Gasteiger partial charge in [-0.2, -0.15) is 0 Å². The van der Waals surface area contributed by atoms with E-state index in [1.165, 1.54) is 14.2 Å². The molecule has 3 aromatic carbocycles. The number of likely N-dealkylation sites (tertiary alicyclic amines) is 1. The van der Waals surface area contributed by atoms with Crippen LogP contribution < -0.4 is 20.1 Å². The molecule has 1 heterocycles. The maximum atomic E-state index is 13.0. The predicted octanol–water partition coefficient (Wildman–Crippen LogP) is 3.94. The van der Waals surface area contributed by atoms with Crippen LogP contribution in [-0.2, 0) is 16.1 Å². The summed E-state index contributed by atoms with van der Waals surface area (Å²) in [6, 6.07) is 21.7. The minimum atomic E-state index is -0.487. The first-order valence-electron chi connectivity index (χ1n) is 11.2. The summed E-state index contributed by atoms with van der Waals surface area (Å²) in [4.78, 5) is 39.8. The van der Waals surface area contributed by atoms with Crippen LogP contribution in [0, 0.1) is 5.92 Å². The molecule has 1 fully saturated rings. The standard InChI is InChI=1S/C27H27N3O5/c1-34-23-15-22(24(35-2)14-21(23)28-26(32)19-11-7-4-8-12-19)29-27(33)20-13-25(31)30(17-20)16-18-9-5-3-6-10-18/h3-12,14-15,20H,13,16-17H2,1-2H3,(H,28,32)(H,29,33). The lowest BCUT2D eigenvalue weighted by atomic mass is 10.1. The Hall–Kier alpha value is -4.33. The molecule has 1 aliphatic rings. The minimum absolute atomic E-state index is 0.0579. The van der Waals surface area contributed by atoms with Crippen molar-refractivity contribution in [1.82, 2.24) is 4.90 Å². The van der Waals surface area contributed by atoms with Gasteiger partial charge in [0.25, 0.3) is 5.91 Å². The molecule has 4 rings (SSSR count). The zero-order valence-electron chi connectivity index (χ0n) is 19.6. The zero-order chi connectivity index (χ0) is 24.8. The summed E-state index contributed by atoms with van der Waals surface area (Å²) >= 11 is 0. The van der Waals surface area contributed by atoms with Gasteiger partial charge in [0, 0.05) is 37.2 Å². The Kier molecular flexibility index (Phi) is 7.30. The van der Waals surface area contributed by atoms with Crippen LogP contribution in [0.15, 0.2) is 72.8 Å². The summed E-state index contributed by atoms with van der Waals surface area (Å²) in [5.41, 5.74) is 2.31. The second-order valence-corrected chi connectivity index (χ2v) is 8.22. The van der Waals surface area contributed by atoms with Crippen LogP contribution in [0.1, 0.15) is 22.3 Å². The molecular weight excluding hydrogens is 446 g/mol. The highest BCUT2D eigenvalue weighted by Gasteiger charge is 2.34. The van der Waals surface area contributed by atoms with E-state index >= 15 is 0 Å². The smallest absolute Gasteiger partial charge is 0.255 e. The topological polar surface area (TPSA) is 97.0 Å². The molecule has 1 aliphatic heterocycles. The summed E-state index contributed by atoms with van der Waals surface area (Å²) in [5.74, 6) is -0.412. The van der Waals surface area contributed by atoms with Crippen molar-refractivity contribution in [2.75, 3.05) is 31.4 Å². The van der Waals surface area contributed by atoms with Gasteiger partial charge >= 0.3 is 0 Å². The average molecular weight is 474 g/mol. The van der Waals surface area contributed by atoms with Crippen LogP contribution in [-0.4, -0.2) is 43.4 Å². The molecule has 8 heteroatoms. The lowest BCUT2D eigenvalue weighted by Crippen LogP contribution is -2.28. The summed E-state index contributed by atoms with van der Waals surface area (Å²) in [6.45, 7) is 0.806. The van der Waals surface area contributed by atoms with E-state index in [0.717, 1.165) is 5.56 Å². The largest absolute Gasteiger partial charge is 0.494 e. The van der Waals surface area contributed by atoms with E-state index in [2.05, 4.69) is 10.6 Å². The number of methoxy groups -OCH3 is 2. The van der Waals surface area contributed by atoms with E-state index in [9.17, 15) is 14.4 Å². The van der Waals surface area contributed by atoms with Gasteiger partial charge in [0.2, 0.25) is 11.8 Å². The third-order valence-electron chi connectivity index (χ3n) is 5.87. The van der Waals surface area contributed by atoms with E-state index in [4.69, 9.17) is 9.47 Å². The second kappa shape index (κ2) is 10.7. The molecule has 3 amide bonds. The van der Waals surface area contributed by atoms with Crippen LogP contribution in [0.2, 0.25) is 0 Å². The number of anilines is 2. The Labute approximate surface area is 203 Å². The highest BCUT2D eigenvalue weighted by atomic mass is 16.5. The molecule has 0 radical (unpaired) electrons. The fourth-order valence-corrected chi connectivity index (χ4v) is 4.02. The number of nitrogens with one attached hydrogen (secondary N) is 2. The third-order valence-corrected chi connectivity index (χ3v) is 5.87. The number of ether oxygens (including phenoxy) is 2. The highest BCUT2D eigenvalue weighted by Crippen LogP contribution is 2.37. The first-order valence-corrected chi connectivity index (χ1v) is 11.2. The molecule has 8 nitrogen and oxygen atoms in total. The van der Waals surface area contributed by atoms with Crippen molar-refractivity contribution < 1.29 is 23.9 Å². The van der Waals surface area contributed by atoms with Gasteiger partial charge in [0.05, 0.1) is 31.5 Å². The summed E-state index contributed by atoms with van der Waals surface area (Å²) in [6.07, 6.45) is 0.142. The third kappa shape index (κ3) is 5.60. The number of benzene rings is 3. The molecule has 1 atom stereocenters. The summed E-state index contributed by atoms with van der Waals surface area (Å²) < 4.78 is 10.9. The molecular formula is C27H27N3O5. The van der Waals surface area contributed by atoms with Crippen molar-refractivity contribution in [3.05, 3.63) is 83.9 Å². The highest BCUT2D eigenvalue weighted by molar-refractivity contribution is 6.06. The Morgan fingerprint density at radius 2 is 1.46 bits per heavy atom. The van der Waals surface area contributed by atoms with Crippen molar-refractivity contribution in [1.29, 1.82) is 0 Å². The maximum absolute atomic E-state index is 13.0. The average Bonchev–Trinajstić information content (AvgIpc) is 3.25.